The van der Waals surface area contributed by atoms with Crippen LogP contribution in [0.15, 0.2) is 59.6 Å². The first-order chi connectivity index (χ1) is 12.0. The normalized spacial score (nSPS) is 11.9. The summed E-state index contributed by atoms with van der Waals surface area (Å²) in [5.41, 5.74) is 1.45. The third kappa shape index (κ3) is 4.58. The molecule has 0 bridgehead atoms. The van der Waals surface area contributed by atoms with Crippen LogP contribution in [0.3, 0.4) is 0 Å². The van der Waals surface area contributed by atoms with E-state index in [2.05, 4.69) is 10.3 Å². The molecule has 0 radical (unpaired) electrons. The first-order valence-electron chi connectivity index (χ1n) is 7.45. The highest BCUT2D eigenvalue weighted by Crippen LogP contribution is 2.22. The third-order valence-electron chi connectivity index (χ3n) is 3.51. The van der Waals surface area contributed by atoms with Gasteiger partial charge in [0.25, 0.3) is 5.91 Å². The zero-order chi connectivity index (χ0) is 17.8. The van der Waals surface area contributed by atoms with E-state index in [0.29, 0.717) is 22.0 Å². The number of nitrogens with zero attached hydrogens (tertiary/aromatic N) is 1. The van der Waals surface area contributed by atoms with Gasteiger partial charge in [0, 0.05) is 45.0 Å². The Kier molecular flexibility index (Phi) is 5.35. The van der Waals surface area contributed by atoms with Gasteiger partial charge < -0.3 is 0 Å². The van der Waals surface area contributed by atoms with Crippen LogP contribution in [0, 0.1) is 5.82 Å². The number of thiazole rings is 1. The fourth-order valence-corrected chi connectivity index (χ4v) is 3.58. The average molecular weight is 374 g/mol. The molecule has 0 saturated heterocycles. The lowest BCUT2D eigenvalue weighted by Gasteiger charge is -2.02. The van der Waals surface area contributed by atoms with Gasteiger partial charge in [0.1, 0.15) is 5.82 Å². The van der Waals surface area contributed by atoms with E-state index in [-0.39, 0.29) is 11.7 Å². The third-order valence-corrected chi connectivity index (χ3v) is 5.36. The summed E-state index contributed by atoms with van der Waals surface area (Å²) in [6.45, 7) is 0. The summed E-state index contributed by atoms with van der Waals surface area (Å²) in [5.74, 6) is -0.532. The van der Waals surface area contributed by atoms with Crippen LogP contribution >= 0.6 is 11.3 Å². The lowest BCUT2D eigenvalue weighted by molar-refractivity contribution is 0.102. The molecule has 0 aliphatic rings. The molecule has 1 aromatic heterocycles. The molecule has 25 heavy (non-hydrogen) atoms. The van der Waals surface area contributed by atoms with Gasteiger partial charge in [-0.3, -0.25) is 14.3 Å². The number of nitrogens with one attached hydrogen (secondary N) is 1. The second-order valence-electron chi connectivity index (χ2n) is 5.37. The molecule has 0 aliphatic carbocycles. The molecule has 2 aromatic carbocycles. The molecule has 1 N–H and O–H groups in total. The van der Waals surface area contributed by atoms with E-state index >= 15 is 0 Å². The number of benzene rings is 2. The van der Waals surface area contributed by atoms with Crippen molar-refractivity contribution >= 4 is 33.2 Å². The molecular formula is C18H15FN2O2S2. The summed E-state index contributed by atoms with van der Waals surface area (Å²) in [4.78, 5) is 18.1. The van der Waals surface area contributed by atoms with E-state index in [9.17, 15) is 13.4 Å². The van der Waals surface area contributed by atoms with E-state index in [1.807, 2.05) is 0 Å². The molecule has 0 spiro atoms. The molecular weight excluding hydrogens is 359 g/mol. The number of hydrogen-bond donors (Lipinski definition) is 1. The molecule has 1 amide bonds. The number of carbonyl (C=O) groups excluding carboxylic acids is 1. The first kappa shape index (κ1) is 17.4. The van der Waals surface area contributed by atoms with Gasteiger partial charge >= 0.3 is 0 Å². The SMILES string of the molecule is CS(=O)c1ccc(C(=O)Nc2ncc(Cc3ccc(F)cc3)s2)cc1. The van der Waals surface area contributed by atoms with Crippen molar-refractivity contribution in [2.45, 2.75) is 11.3 Å². The molecule has 128 valence electrons. The molecule has 1 unspecified atom stereocenters. The zero-order valence-corrected chi connectivity index (χ0v) is 15.0. The van der Waals surface area contributed by atoms with Gasteiger partial charge in [-0.25, -0.2) is 9.37 Å². The predicted molar refractivity (Wildman–Crippen MR) is 98.0 cm³/mol. The van der Waals surface area contributed by atoms with Gasteiger partial charge in [-0.1, -0.05) is 12.1 Å². The Bertz CT molecular complexity index is 906. The molecule has 3 rings (SSSR count). The summed E-state index contributed by atoms with van der Waals surface area (Å²) in [7, 11) is -1.07. The number of amides is 1. The number of aromatic nitrogens is 1. The van der Waals surface area contributed by atoms with E-state index in [0.717, 1.165) is 10.4 Å². The average Bonchev–Trinajstić information content (AvgIpc) is 3.04. The van der Waals surface area contributed by atoms with Crippen LogP contribution in [0.5, 0.6) is 0 Å². The Morgan fingerprint density at radius 1 is 1.16 bits per heavy atom. The van der Waals surface area contributed by atoms with Crippen molar-refractivity contribution < 1.29 is 13.4 Å². The molecule has 0 fully saturated rings. The summed E-state index contributed by atoms with van der Waals surface area (Å²) in [5, 5.41) is 3.26. The summed E-state index contributed by atoms with van der Waals surface area (Å²) in [6, 6.07) is 12.9. The minimum absolute atomic E-state index is 0.265. The topological polar surface area (TPSA) is 59.1 Å². The second-order valence-corrected chi connectivity index (χ2v) is 7.86. The van der Waals surface area contributed by atoms with Crippen LogP contribution in [0.25, 0.3) is 0 Å². The molecule has 0 saturated carbocycles. The maximum Gasteiger partial charge on any atom is 0.257 e. The van der Waals surface area contributed by atoms with E-state index in [4.69, 9.17) is 0 Å². The number of halogens is 1. The zero-order valence-electron chi connectivity index (χ0n) is 13.4. The van der Waals surface area contributed by atoms with Crippen molar-refractivity contribution in [3.8, 4) is 0 Å². The standard InChI is InChI=1S/C18H15FN2O2S2/c1-25(23)16-8-4-13(5-9-16)17(22)21-18-20-11-15(24-18)10-12-2-6-14(19)7-3-12/h2-9,11H,10H2,1H3,(H,20,21,22). The van der Waals surface area contributed by atoms with Crippen molar-refractivity contribution in [3.05, 3.63) is 76.5 Å². The molecule has 4 nitrogen and oxygen atoms in total. The Morgan fingerprint density at radius 2 is 1.84 bits per heavy atom. The van der Waals surface area contributed by atoms with Gasteiger partial charge in [-0.15, -0.1) is 11.3 Å². The van der Waals surface area contributed by atoms with Crippen molar-refractivity contribution in [3.63, 3.8) is 0 Å². The van der Waals surface area contributed by atoms with E-state index in [1.54, 1.807) is 48.9 Å². The first-order valence-corrected chi connectivity index (χ1v) is 9.83. The molecule has 7 heteroatoms. The van der Waals surface area contributed by atoms with Crippen LogP contribution in [0.4, 0.5) is 9.52 Å². The van der Waals surface area contributed by atoms with Crippen molar-refractivity contribution in [1.82, 2.24) is 4.98 Å². The predicted octanol–water partition coefficient (Wildman–Crippen LogP) is 3.86. The Morgan fingerprint density at radius 3 is 2.48 bits per heavy atom. The Balaban J connectivity index is 1.65. The van der Waals surface area contributed by atoms with Crippen molar-refractivity contribution in [1.29, 1.82) is 0 Å². The minimum atomic E-state index is -1.07. The lowest BCUT2D eigenvalue weighted by Crippen LogP contribution is -2.11. The fourth-order valence-electron chi connectivity index (χ4n) is 2.22. The lowest BCUT2D eigenvalue weighted by atomic mass is 10.1. The number of carbonyl (C=O) groups is 1. The van der Waals surface area contributed by atoms with E-state index < -0.39 is 10.8 Å². The van der Waals surface area contributed by atoms with Gasteiger partial charge in [0.05, 0.1) is 0 Å². The van der Waals surface area contributed by atoms with Gasteiger partial charge in [0.2, 0.25) is 0 Å². The van der Waals surface area contributed by atoms with E-state index in [1.165, 1.54) is 23.5 Å². The highest BCUT2D eigenvalue weighted by molar-refractivity contribution is 7.84. The second kappa shape index (κ2) is 7.67. The molecule has 3 aromatic rings. The van der Waals surface area contributed by atoms with Crippen molar-refractivity contribution in [2.75, 3.05) is 11.6 Å². The number of hydrogen-bond acceptors (Lipinski definition) is 4. The Labute approximate surface area is 151 Å². The van der Waals surface area contributed by atoms with Gasteiger partial charge in [0.15, 0.2) is 5.13 Å². The fraction of sp³-hybridized carbons (Fsp3) is 0.111. The van der Waals surface area contributed by atoms with Gasteiger partial charge in [-0.05, 0) is 42.0 Å². The maximum atomic E-state index is 12.9. The Hall–Kier alpha value is -2.38. The van der Waals surface area contributed by atoms with Gasteiger partial charge in [-0.2, -0.15) is 0 Å². The highest BCUT2D eigenvalue weighted by Gasteiger charge is 2.10. The summed E-state index contributed by atoms with van der Waals surface area (Å²) >= 11 is 1.38. The molecule has 1 heterocycles. The maximum absolute atomic E-state index is 12.9. The van der Waals surface area contributed by atoms with Crippen LogP contribution in [0.1, 0.15) is 20.8 Å². The van der Waals surface area contributed by atoms with Crippen LogP contribution in [0.2, 0.25) is 0 Å². The smallest absolute Gasteiger partial charge is 0.257 e. The van der Waals surface area contributed by atoms with Crippen LogP contribution < -0.4 is 5.32 Å². The van der Waals surface area contributed by atoms with Crippen LogP contribution in [-0.2, 0) is 17.2 Å². The quantitative estimate of drug-likeness (QED) is 0.738. The molecule has 0 aliphatic heterocycles. The number of rotatable bonds is 5. The largest absolute Gasteiger partial charge is 0.298 e. The highest BCUT2D eigenvalue weighted by atomic mass is 32.2. The summed E-state index contributed by atoms with van der Waals surface area (Å²) in [6.07, 6.45) is 3.92. The minimum Gasteiger partial charge on any atom is -0.298 e. The van der Waals surface area contributed by atoms with Crippen molar-refractivity contribution in [2.24, 2.45) is 0 Å². The summed E-state index contributed by atoms with van der Waals surface area (Å²) < 4.78 is 24.3. The van der Waals surface area contributed by atoms with Crippen LogP contribution in [-0.4, -0.2) is 21.4 Å². The monoisotopic (exact) mass is 374 g/mol. The number of anilines is 1. The molecule has 1 atom stereocenters.